The van der Waals surface area contributed by atoms with Gasteiger partial charge in [-0.05, 0) is 31.9 Å². The van der Waals surface area contributed by atoms with E-state index in [1.165, 1.54) is 0 Å². The second kappa shape index (κ2) is 6.14. The molecule has 1 N–H and O–H groups in total. The number of carbonyl (C=O) groups is 1. The van der Waals surface area contributed by atoms with Gasteiger partial charge in [-0.3, -0.25) is 9.20 Å². The SMILES string of the molecule is CC(NC(=O)C1CCCCC12OCCO2)c1nnc2ccccn12. The molecule has 2 fully saturated rings. The fourth-order valence-corrected chi connectivity index (χ4v) is 3.79. The van der Waals surface area contributed by atoms with Crippen molar-refractivity contribution in [2.45, 2.75) is 44.4 Å². The van der Waals surface area contributed by atoms with E-state index in [1.807, 2.05) is 35.7 Å². The molecule has 1 aliphatic carbocycles. The van der Waals surface area contributed by atoms with Crippen LogP contribution in [0.3, 0.4) is 0 Å². The van der Waals surface area contributed by atoms with Crippen LogP contribution in [0.2, 0.25) is 0 Å². The number of carbonyl (C=O) groups excluding carboxylic acids is 1. The van der Waals surface area contributed by atoms with Gasteiger partial charge in [0.1, 0.15) is 0 Å². The lowest BCUT2D eigenvalue weighted by atomic mass is 9.82. The van der Waals surface area contributed by atoms with E-state index in [1.54, 1.807) is 0 Å². The molecule has 0 aromatic carbocycles. The highest BCUT2D eigenvalue weighted by molar-refractivity contribution is 5.80. The first-order chi connectivity index (χ1) is 11.7. The van der Waals surface area contributed by atoms with E-state index in [9.17, 15) is 4.79 Å². The summed E-state index contributed by atoms with van der Waals surface area (Å²) in [6, 6.07) is 5.49. The van der Waals surface area contributed by atoms with E-state index in [0.717, 1.165) is 37.2 Å². The number of amides is 1. The van der Waals surface area contributed by atoms with Crippen LogP contribution in [0.4, 0.5) is 0 Å². The Bertz CT molecular complexity index is 738. The van der Waals surface area contributed by atoms with Gasteiger partial charge in [-0.2, -0.15) is 0 Å². The van der Waals surface area contributed by atoms with Gasteiger partial charge in [0, 0.05) is 12.6 Å². The normalized spacial score (nSPS) is 24.3. The zero-order chi connectivity index (χ0) is 16.6. The fourth-order valence-electron chi connectivity index (χ4n) is 3.79. The molecule has 2 unspecified atom stereocenters. The summed E-state index contributed by atoms with van der Waals surface area (Å²) in [5.74, 6) is -0.307. The van der Waals surface area contributed by atoms with Crippen molar-refractivity contribution in [2.24, 2.45) is 5.92 Å². The van der Waals surface area contributed by atoms with Crippen LogP contribution in [-0.4, -0.2) is 39.5 Å². The van der Waals surface area contributed by atoms with Crippen molar-refractivity contribution < 1.29 is 14.3 Å². The first kappa shape index (κ1) is 15.5. The second-order valence-corrected chi connectivity index (χ2v) is 6.52. The number of pyridine rings is 1. The van der Waals surface area contributed by atoms with Crippen LogP contribution in [-0.2, 0) is 14.3 Å². The molecule has 24 heavy (non-hydrogen) atoms. The summed E-state index contributed by atoms with van der Waals surface area (Å²) in [6.07, 6.45) is 5.54. The average Bonchev–Trinajstić information content (AvgIpc) is 3.22. The molecule has 2 aromatic heterocycles. The summed E-state index contributed by atoms with van der Waals surface area (Å²) in [5, 5.41) is 11.4. The van der Waals surface area contributed by atoms with Crippen molar-refractivity contribution in [3.8, 4) is 0 Å². The number of nitrogens with one attached hydrogen (secondary N) is 1. The van der Waals surface area contributed by atoms with Gasteiger partial charge in [-0.15, -0.1) is 10.2 Å². The van der Waals surface area contributed by atoms with E-state index < -0.39 is 5.79 Å². The lowest BCUT2D eigenvalue weighted by Crippen LogP contribution is -2.50. The third kappa shape index (κ3) is 2.57. The summed E-state index contributed by atoms with van der Waals surface area (Å²) in [4.78, 5) is 12.9. The summed E-state index contributed by atoms with van der Waals surface area (Å²) in [7, 11) is 0. The van der Waals surface area contributed by atoms with E-state index in [4.69, 9.17) is 9.47 Å². The zero-order valence-corrected chi connectivity index (χ0v) is 13.8. The molecule has 7 heteroatoms. The first-order valence-electron chi connectivity index (χ1n) is 8.57. The molecule has 7 nitrogen and oxygen atoms in total. The number of nitrogens with zero attached hydrogens (tertiary/aromatic N) is 3. The molecule has 1 spiro atoms. The van der Waals surface area contributed by atoms with E-state index in [2.05, 4.69) is 15.5 Å². The maximum absolute atomic E-state index is 12.9. The highest BCUT2D eigenvalue weighted by Crippen LogP contribution is 2.40. The number of aromatic nitrogens is 3. The Morgan fingerprint density at radius 1 is 1.33 bits per heavy atom. The topological polar surface area (TPSA) is 77.8 Å². The van der Waals surface area contributed by atoms with Crippen molar-refractivity contribution in [1.29, 1.82) is 0 Å². The minimum atomic E-state index is -0.727. The largest absolute Gasteiger partial charge is 0.347 e. The number of fused-ring (bicyclic) bond motifs is 1. The molecule has 3 heterocycles. The Kier molecular flexibility index (Phi) is 3.97. The maximum atomic E-state index is 12.9. The molecule has 4 rings (SSSR count). The minimum Gasteiger partial charge on any atom is -0.347 e. The Labute approximate surface area is 140 Å². The number of hydrogen-bond donors (Lipinski definition) is 1. The summed E-state index contributed by atoms with van der Waals surface area (Å²) in [6.45, 7) is 3.05. The van der Waals surface area contributed by atoms with Gasteiger partial charge in [-0.25, -0.2) is 0 Å². The molecule has 1 saturated heterocycles. The Morgan fingerprint density at radius 2 is 2.17 bits per heavy atom. The summed E-state index contributed by atoms with van der Waals surface area (Å²) in [5.41, 5.74) is 0.769. The number of hydrogen-bond acceptors (Lipinski definition) is 5. The lowest BCUT2D eigenvalue weighted by molar-refractivity contribution is -0.212. The van der Waals surface area contributed by atoms with Crippen molar-refractivity contribution in [3.63, 3.8) is 0 Å². The van der Waals surface area contributed by atoms with Gasteiger partial charge in [0.05, 0.1) is 25.2 Å². The minimum absolute atomic E-state index is 0.0308. The first-order valence-corrected chi connectivity index (χ1v) is 8.57. The number of rotatable bonds is 3. The van der Waals surface area contributed by atoms with Crippen LogP contribution in [0.15, 0.2) is 24.4 Å². The fraction of sp³-hybridized carbons (Fsp3) is 0.588. The van der Waals surface area contributed by atoms with Gasteiger partial charge < -0.3 is 14.8 Å². The van der Waals surface area contributed by atoms with E-state index in [-0.39, 0.29) is 17.9 Å². The van der Waals surface area contributed by atoms with Crippen LogP contribution in [0, 0.1) is 5.92 Å². The predicted molar refractivity (Wildman–Crippen MR) is 86.1 cm³/mol. The van der Waals surface area contributed by atoms with Gasteiger partial charge in [-0.1, -0.05) is 12.5 Å². The molecule has 2 aromatic rings. The Balaban J connectivity index is 1.52. The van der Waals surface area contributed by atoms with Crippen LogP contribution in [0.5, 0.6) is 0 Å². The molecular formula is C17H22N4O3. The van der Waals surface area contributed by atoms with Gasteiger partial charge in [0.2, 0.25) is 5.91 Å². The molecule has 1 aliphatic heterocycles. The lowest BCUT2D eigenvalue weighted by Gasteiger charge is -2.38. The van der Waals surface area contributed by atoms with Gasteiger partial charge >= 0.3 is 0 Å². The number of ether oxygens (including phenoxy) is 2. The molecule has 0 radical (unpaired) electrons. The third-order valence-electron chi connectivity index (χ3n) is 4.98. The molecular weight excluding hydrogens is 308 g/mol. The monoisotopic (exact) mass is 330 g/mol. The van der Waals surface area contributed by atoms with Crippen LogP contribution in [0.25, 0.3) is 5.65 Å². The smallest absolute Gasteiger partial charge is 0.229 e. The third-order valence-corrected chi connectivity index (χ3v) is 4.98. The standard InChI is InChI=1S/C17H22N4O3/c1-12(15-20-19-14-7-3-5-9-21(14)15)18-16(22)13-6-2-4-8-17(13)23-10-11-24-17/h3,5,7,9,12-13H,2,4,6,8,10-11H2,1H3,(H,18,22). The van der Waals surface area contributed by atoms with Crippen LogP contribution in [0.1, 0.15) is 44.5 Å². The highest BCUT2D eigenvalue weighted by Gasteiger charge is 2.49. The van der Waals surface area contributed by atoms with Crippen molar-refractivity contribution in [2.75, 3.05) is 13.2 Å². The zero-order valence-electron chi connectivity index (χ0n) is 13.8. The van der Waals surface area contributed by atoms with Crippen molar-refractivity contribution in [1.82, 2.24) is 19.9 Å². The Hall–Kier alpha value is -1.99. The van der Waals surface area contributed by atoms with E-state index in [0.29, 0.717) is 13.2 Å². The summed E-state index contributed by atoms with van der Waals surface area (Å²) < 4.78 is 13.6. The summed E-state index contributed by atoms with van der Waals surface area (Å²) >= 11 is 0. The molecule has 1 saturated carbocycles. The maximum Gasteiger partial charge on any atom is 0.229 e. The van der Waals surface area contributed by atoms with Crippen LogP contribution < -0.4 is 5.32 Å². The molecule has 2 atom stereocenters. The second-order valence-electron chi connectivity index (χ2n) is 6.52. The molecule has 0 bridgehead atoms. The van der Waals surface area contributed by atoms with Crippen molar-refractivity contribution in [3.05, 3.63) is 30.2 Å². The molecule has 128 valence electrons. The van der Waals surface area contributed by atoms with Gasteiger partial charge in [0.15, 0.2) is 17.3 Å². The van der Waals surface area contributed by atoms with Crippen LogP contribution >= 0.6 is 0 Å². The predicted octanol–water partition coefficient (Wildman–Crippen LogP) is 1.84. The van der Waals surface area contributed by atoms with Crippen molar-refractivity contribution >= 4 is 11.6 Å². The highest BCUT2D eigenvalue weighted by atomic mass is 16.7. The quantitative estimate of drug-likeness (QED) is 0.929. The van der Waals surface area contributed by atoms with E-state index >= 15 is 0 Å². The molecule has 1 amide bonds. The average molecular weight is 330 g/mol. The van der Waals surface area contributed by atoms with Gasteiger partial charge in [0.25, 0.3) is 0 Å². The Morgan fingerprint density at radius 3 is 3.00 bits per heavy atom. The molecule has 2 aliphatic rings.